The number of nitrogens with zero attached hydrogens (tertiary/aromatic N) is 1. The van der Waals surface area contributed by atoms with E-state index in [1.165, 1.54) is 24.3 Å². The number of carbonyl (C=O) groups is 2. The molecule has 5 nitrogen and oxygen atoms in total. The molecule has 3 aromatic carbocycles. The first-order valence-electron chi connectivity index (χ1n) is 11.1. The van der Waals surface area contributed by atoms with E-state index < -0.39 is 40.8 Å². The average Bonchev–Trinajstić information content (AvgIpc) is 3.05. The number of phenolic OH excluding ortho intramolecular Hbond substituents is 1. The van der Waals surface area contributed by atoms with Gasteiger partial charge >= 0.3 is 0 Å². The van der Waals surface area contributed by atoms with Gasteiger partial charge < -0.3 is 10.2 Å². The maximum absolute atomic E-state index is 14.8. The third kappa shape index (κ3) is 4.30. The minimum atomic E-state index is -1.30. The van der Waals surface area contributed by atoms with Crippen LogP contribution in [0.15, 0.2) is 66.2 Å². The summed E-state index contributed by atoms with van der Waals surface area (Å²) in [5, 5.41) is 21.5. The molecule has 180 valence electrons. The minimum Gasteiger partial charge on any atom is -0.508 e. The van der Waals surface area contributed by atoms with Crippen LogP contribution in [-0.2, 0) is 15.0 Å². The van der Waals surface area contributed by atoms with E-state index in [0.29, 0.717) is 11.1 Å². The molecular formula is C28H25F2NO4. The molecule has 0 aromatic heterocycles. The molecule has 0 bridgehead atoms. The molecular weight excluding hydrogens is 452 g/mol. The van der Waals surface area contributed by atoms with Crippen molar-refractivity contribution in [3.05, 3.63) is 100 Å². The Balaban J connectivity index is 2.02. The third-order valence-electron chi connectivity index (χ3n) is 6.16. The van der Waals surface area contributed by atoms with Crippen LogP contribution in [0.3, 0.4) is 0 Å². The summed E-state index contributed by atoms with van der Waals surface area (Å²) in [4.78, 5) is 27.3. The number of amides is 1. The van der Waals surface area contributed by atoms with E-state index in [9.17, 15) is 28.6 Å². The zero-order valence-corrected chi connectivity index (χ0v) is 19.8. The number of aliphatic hydroxyl groups excluding tert-OH is 1. The first-order valence-corrected chi connectivity index (χ1v) is 11.1. The van der Waals surface area contributed by atoms with Crippen molar-refractivity contribution in [2.45, 2.75) is 39.2 Å². The van der Waals surface area contributed by atoms with Crippen LogP contribution in [0.4, 0.5) is 14.5 Å². The summed E-state index contributed by atoms with van der Waals surface area (Å²) >= 11 is 0. The van der Waals surface area contributed by atoms with Gasteiger partial charge in [0.05, 0.1) is 17.3 Å². The van der Waals surface area contributed by atoms with Crippen molar-refractivity contribution in [2.24, 2.45) is 0 Å². The molecule has 1 saturated heterocycles. The Kier molecular flexibility index (Phi) is 5.97. The number of benzene rings is 3. The number of Topliss-reactive ketones (excluding diaryl/α,β-unsaturated/α-hetero) is 1. The predicted octanol–water partition coefficient (Wildman–Crippen LogP) is 5.90. The van der Waals surface area contributed by atoms with E-state index in [2.05, 4.69) is 0 Å². The zero-order chi connectivity index (χ0) is 25.7. The van der Waals surface area contributed by atoms with Gasteiger partial charge in [-0.1, -0.05) is 45.0 Å². The quantitative estimate of drug-likeness (QED) is 0.280. The molecule has 1 atom stereocenters. The predicted molar refractivity (Wildman–Crippen MR) is 129 cm³/mol. The average molecular weight is 478 g/mol. The van der Waals surface area contributed by atoms with Crippen molar-refractivity contribution >= 4 is 23.1 Å². The van der Waals surface area contributed by atoms with Gasteiger partial charge in [-0.05, 0) is 59.4 Å². The van der Waals surface area contributed by atoms with Crippen LogP contribution in [0.5, 0.6) is 5.75 Å². The third-order valence-corrected chi connectivity index (χ3v) is 6.16. The number of carbonyl (C=O) groups excluding carboxylic acids is 2. The second kappa shape index (κ2) is 8.65. The Bertz CT molecular complexity index is 1390. The number of aliphatic hydroxyl groups is 1. The second-order valence-electron chi connectivity index (χ2n) is 9.64. The summed E-state index contributed by atoms with van der Waals surface area (Å²) in [5.41, 5.74) is 1.17. The number of aryl methyl sites for hydroxylation is 1. The molecule has 1 amide bonds. The van der Waals surface area contributed by atoms with Gasteiger partial charge in [-0.25, -0.2) is 8.78 Å². The molecule has 2 N–H and O–H groups in total. The number of hydrogen-bond acceptors (Lipinski definition) is 4. The van der Waals surface area contributed by atoms with Crippen LogP contribution < -0.4 is 4.90 Å². The molecule has 1 fully saturated rings. The lowest BCUT2D eigenvalue weighted by Gasteiger charge is -2.26. The zero-order valence-electron chi connectivity index (χ0n) is 19.8. The molecule has 0 spiro atoms. The number of ketones is 1. The van der Waals surface area contributed by atoms with Gasteiger partial charge in [0.2, 0.25) is 0 Å². The van der Waals surface area contributed by atoms with E-state index in [-0.39, 0.29) is 22.3 Å². The van der Waals surface area contributed by atoms with Crippen molar-refractivity contribution in [2.75, 3.05) is 4.90 Å². The van der Waals surface area contributed by atoms with Gasteiger partial charge in [0.25, 0.3) is 11.7 Å². The van der Waals surface area contributed by atoms with Crippen LogP contribution in [0.2, 0.25) is 0 Å². The molecule has 1 heterocycles. The standard InChI is InChI=1S/C28H25F2NO4/c1-15-8-9-17(28(2,3)4)13-20(15)25(33)23-24(16-6-5-7-19(32)12-16)31(27(35)26(23)34)22-14-18(29)10-11-21(22)30/h5-14,24,32-33H,1-4H3/b25-23+. The molecule has 1 unspecified atom stereocenters. The Hall–Kier alpha value is -4.00. The number of aromatic hydroxyl groups is 1. The molecule has 4 rings (SSSR count). The number of rotatable bonds is 3. The van der Waals surface area contributed by atoms with Crippen molar-refractivity contribution in [3.63, 3.8) is 0 Å². The first-order chi connectivity index (χ1) is 16.4. The summed E-state index contributed by atoms with van der Waals surface area (Å²) in [7, 11) is 0. The van der Waals surface area contributed by atoms with E-state index in [1.807, 2.05) is 26.8 Å². The Morgan fingerprint density at radius 2 is 1.69 bits per heavy atom. The highest BCUT2D eigenvalue weighted by molar-refractivity contribution is 6.51. The van der Waals surface area contributed by atoms with E-state index in [4.69, 9.17) is 0 Å². The number of halogens is 2. The monoisotopic (exact) mass is 477 g/mol. The van der Waals surface area contributed by atoms with Gasteiger partial charge in [0, 0.05) is 11.6 Å². The molecule has 3 aromatic rings. The second-order valence-corrected chi connectivity index (χ2v) is 9.64. The smallest absolute Gasteiger partial charge is 0.300 e. The topological polar surface area (TPSA) is 77.8 Å². The fourth-order valence-electron chi connectivity index (χ4n) is 4.25. The van der Waals surface area contributed by atoms with Gasteiger partial charge in [-0.15, -0.1) is 0 Å². The van der Waals surface area contributed by atoms with Crippen LogP contribution in [0, 0.1) is 18.6 Å². The minimum absolute atomic E-state index is 0.154. The van der Waals surface area contributed by atoms with Crippen molar-refractivity contribution in [1.29, 1.82) is 0 Å². The largest absolute Gasteiger partial charge is 0.508 e. The van der Waals surface area contributed by atoms with Crippen molar-refractivity contribution in [1.82, 2.24) is 0 Å². The maximum Gasteiger partial charge on any atom is 0.300 e. The number of anilines is 1. The lowest BCUT2D eigenvalue weighted by Crippen LogP contribution is -2.30. The molecule has 35 heavy (non-hydrogen) atoms. The molecule has 0 saturated carbocycles. The Labute approximate surface area is 202 Å². The first kappa shape index (κ1) is 24.1. The summed E-state index contributed by atoms with van der Waals surface area (Å²) < 4.78 is 28.8. The summed E-state index contributed by atoms with van der Waals surface area (Å²) in [5.74, 6) is -4.46. The molecule has 1 aliphatic rings. The molecule has 0 radical (unpaired) electrons. The molecule has 0 aliphatic carbocycles. The molecule has 7 heteroatoms. The van der Waals surface area contributed by atoms with Crippen LogP contribution >= 0.6 is 0 Å². The fraction of sp³-hybridized carbons (Fsp3) is 0.214. The van der Waals surface area contributed by atoms with Crippen LogP contribution in [-0.4, -0.2) is 21.9 Å². The highest BCUT2D eigenvalue weighted by atomic mass is 19.1. The van der Waals surface area contributed by atoms with Gasteiger partial charge in [0.15, 0.2) is 0 Å². The lowest BCUT2D eigenvalue weighted by molar-refractivity contribution is -0.132. The van der Waals surface area contributed by atoms with Crippen LogP contribution in [0.25, 0.3) is 5.76 Å². The Morgan fingerprint density at radius 1 is 0.971 bits per heavy atom. The summed E-state index contributed by atoms with van der Waals surface area (Å²) in [6.07, 6.45) is 0. The van der Waals surface area contributed by atoms with Gasteiger partial charge in [0.1, 0.15) is 23.1 Å². The highest BCUT2D eigenvalue weighted by Crippen LogP contribution is 2.44. The lowest BCUT2D eigenvalue weighted by atomic mass is 9.84. The van der Waals surface area contributed by atoms with E-state index in [0.717, 1.165) is 28.7 Å². The fourth-order valence-corrected chi connectivity index (χ4v) is 4.25. The van der Waals surface area contributed by atoms with Gasteiger partial charge in [-0.3, -0.25) is 14.5 Å². The van der Waals surface area contributed by atoms with Crippen molar-refractivity contribution in [3.8, 4) is 5.75 Å². The molecule has 1 aliphatic heterocycles. The van der Waals surface area contributed by atoms with Gasteiger partial charge in [-0.2, -0.15) is 0 Å². The number of hydrogen-bond donors (Lipinski definition) is 2. The highest BCUT2D eigenvalue weighted by Gasteiger charge is 2.48. The SMILES string of the molecule is Cc1ccc(C(C)(C)C)cc1/C(O)=C1\C(=O)C(=O)N(c2cc(F)ccc2F)C1c1cccc(O)c1. The summed E-state index contributed by atoms with van der Waals surface area (Å²) in [6, 6.07) is 12.5. The number of phenols is 1. The van der Waals surface area contributed by atoms with E-state index in [1.54, 1.807) is 19.1 Å². The van der Waals surface area contributed by atoms with E-state index >= 15 is 0 Å². The normalized spacial score (nSPS) is 17.8. The Morgan fingerprint density at radius 3 is 2.34 bits per heavy atom. The summed E-state index contributed by atoms with van der Waals surface area (Å²) in [6.45, 7) is 7.76. The maximum atomic E-state index is 14.8. The van der Waals surface area contributed by atoms with Crippen LogP contribution in [0.1, 0.15) is 49.1 Å². The van der Waals surface area contributed by atoms with Crippen molar-refractivity contribution < 1.29 is 28.6 Å².